The zero-order chi connectivity index (χ0) is 19.7. The second-order valence-electron chi connectivity index (χ2n) is 6.86. The number of benzene rings is 3. The fraction of sp³-hybridized carbons (Fsp3) is 0.130. The van der Waals surface area contributed by atoms with Crippen molar-refractivity contribution in [2.24, 2.45) is 0 Å². The van der Waals surface area contributed by atoms with Gasteiger partial charge in [0.25, 0.3) is 5.91 Å². The monoisotopic (exact) mass is 375 g/mol. The molecule has 0 saturated carbocycles. The van der Waals surface area contributed by atoms with Crippen molar-refractivity contribution < 1.29 is 19.1 Å². The van der Waals surface area contributed by atoms with Crippen LogP contribution in [0.15, 0.2) is 78.9 Å². The Morgan fingerprint density at radius 3 is 2.43 bits per heavy atom. The summed E-state index contributed by atoms with van der Waals surface area (Å²) in [5.74, 6) is -1.30. The third-order valence-corrected chi connectivity index (χ3v) is 4.98. The van der Waals surface area contributed by atoms with Crippen LogP contribution in [0.4, 0.5) is 10.1 Å². The van der Waals surface area contributed by atoms with Gasteiger partial charge in [-0.1, -0.05) is 60.7 Å². The number of carbonyl (C=O) groups is 2. The molecule has 1 amide bonds. The first-order chi connectivity index (χ1) is 13.5. The number of amides is 1. The van der Waals surface area contributed by atoms with Crippen LogP contribution >= 0.6 is 0 Å². The molecule has 1 heterocycles. The predicted octanol–water partition coefficient (Wildman–Crippen LogP) is 3.83. The van der Waals surface area contributed by atoms with Crippen molar-refractivity contribution in [1.82, 2.24) is 0 Å². The Balaban J connectivity index is 1.69. The molecule has 0 aromatic heterocycles. The summed E-state index contributed by atoms with van der Waals surface area (Å²) in [6.07, 6.45) is -0.355. The summed E-state index contributed by atoms with van der Waals surface area (Å²) in [6, 6.07) is 21.4. The van der Waals surface area contributed by atoms with Crippen LogP contribution in [-0.2, 0) is 16.9 Å². The van der Waals surface area contributed by atoms with Crippen molar-refractivity contribution in [3.05, 3.63) is 101 Å². The average molecular weight is 375 g/mol. The largest absolute Gasteiger partial charge is 0.375 e. The summed E-state index contributed by atoms with van der Waals surface area (Å²) in [6.45, 7) is 0.107. The first-order valence-corrected chi connectivity index (χ1v) is 8.95. The van der Waals surface area contributed by atoms with Gasteiger partial charge in [-0.2, -0.15) is 0 Å². The highest BCUT2D eigenvalue weighted by atomic mass is 19.1. The minimum absolute atomic E-state index is 0.107. The van der Waals surface area contributed by atoms with Gasteiger partial charge in [0.15, 0.2) is 11.4 Å². The van der Waals surface area contributed by atoms with E-state index in [4.69, 9.17) is 0 Å². The van der Waals surface area contributed by atoms with Crippen LogP contribution in [0.2, 0.25) is 0 Å². The highest BCUT2D eigenvalue weighted by molar-refractivity contribution is 6.10. The first-order valence-electron chi connectivity index (χ1n) is 8.95. The molecule has 140 valence electrons. The number of Topliss-reactive ketones (excluding diaryl/α,β-unsaturated/α-hetero) is 1. The van der Waals surface area contributed by atoms with E-state index in [1.165, 1.54) is 17.0 Å². The fourth-order valence-corrected chi connectivity index (χ4v) is 3.61. The Hall–Kier alpha value is -3.31. The Bertz CT molecular complexity index is 1050. The smallest absolute Gasteiger partial charge is 0.264 e. The number of carbonyl (C=O) groups excluding carboxylic acids is 2. The number of fused-ring (bicyclic) bond motifs is 1. The van der Waals surface area contributed by atoms with Gasteiger partial charge < -0.3 is 10.0 Å². The molecule has 4 nitrogen and oxygen atoms in total. The number of nitrogens with zero attached hydrogens (tertiary/aromatic N) is 1. The average Bonchev–Trinajstić information content (AvgIpc) is 2.91. The molecule has 4 rings (SSSR count). The van der Waals surface area contributed by atoms with Crippen LogP contribution in [0.3, 0.4) is 0 Å². The second kappa shape index (κ2) is 7.02. The number of hydrogen-bond acceptors (Lipinski definition) is 3. The molecule has 1 atom stereocenters. The second-order valence-corrected chi connectivity index (χ2v) is 6.86. The van der Waals surface area contributed by atoms with E-state index in [0.29, 0.717) is 22.4 Å². The van der Waals surface area contributed by atoms with Gasteiger partial charge in [-0.25, -0.2) is 4.39 Å². The van der Waals surface area contributed by atoms with E-state index in [-0.39, 0.29) is 18.7 Å². The summed E-state index contributed by atoms with van der Waals surface area (Å²) >= 11 is 0. The van der Waals surface area contributed by atoms with E-state index in [0.717, 1.165) is 0 Å². The van der Waals surface area contributed by atoms with Crippen LogP contribution in [0, 0.1) is 5.82 Å². The Kier molecular flexibility index (Phi) is 4.53. The van der Waals surface area contributed by atoms with Crippen molar-refractivity contribution in [3.8, 4) is 0 Å². The van der Waals surface area contributed by atoms with Gasteiger partial charge in [-0.15, -0.1) is 0 Å². The first kappa shape index (κ1) is 18.1. The Morgan fingerprint density at radius 1 is 0.964 bits per heavy atom. The van der Waals surface area contributed by atoms with Crippen LogP contribution in [0.5, 0.6) is 0 Å². The molecule has 1 aliphatic heterocycles. The van der Waals surface area contributed by atoms with E-state index in [9.17, 15) is 19.1 Å². The number of para-hydroxylation sites is 1. The van der Waals surface area contributed by atoms with Crippen LogP contribution in [0.1, 0.15) is 27.9 Å². The molecule has 0 unspecified atom stereocenters. The molecule has 0 bridgehead atoms. The van der Waals surface area contributed by atoms with Crippen molar-refractivity contribution in [1.29, 1.82) is 0 Å². The van der Waals surface area contributed by atoms with Crippen molar-refractivity contribution in [2.45, 2.75) is 18.6 Å². The van der Waals surface area contributed by atoms with Crippen LogP contribution < -0.4 is 4.90 Å². The molecule has 5 heteroatoms. The number of ketones is 1. The minimum Gasteiger partial charge on any atom is -0.375 e. The van der Waals surface area contributed by atoms with Crippen molar-refractivity contribution >= 4 is 17.4 Å². The van der Waals surface area contributed by atoms with Gasteiger partial charge in [-0.05, 0) is 23.8 Å². The standard InChI is InChI=1S/C23H18FNO3/c24-18-10-6-7-16(13-18)15-25-20-12-5-4-11-19(20)23(28,22(25)27)14-21(26)17-8-2-1-3-9-17/h1-13,28H,14-15H2/t23-/m0/s1. The normalized spacial score (nSPS) is 18.2. The molecule has 3 aromatic carbocycles. The van der Waals surface area contributed by atoms with Gasteiger partial charge in [0.2, 0.25) is 0 Å². The van der Waals surface area contributed by atoms with E-state index in [1.807, 2.05) is 0 Å². The summed E-state index contributed by atoms with van der Waals surface area (Å²) in [4.78, 5) is 27.3. The third kappa shape index (κ3) is 3.10. The van der Waals surface area contributed by atoms with E-state index < -0.39 is 17.3 Å². The molecule has 0 radical (unpaired) electrons. The topological polar surface area (TPSA) is 57.6 Å². The lowest BCUT2D eigenvalue weighted by molar-refractivity contribution is -0.136. The zero-order valence-corrected chi connectivity index (χ0v) is 15.0. The molecule has 1 aliphatic rings. The van der Waals surface area contributed by atoms with Gasteiger partial charge in [-0.3, -0.25) is 9.59 Å². The highest BCUT2D eigenvalue weighted by Gasteiger charge is 2.50. The lowest BCUT2D eigenvalue weighted by Gasteiger charge is -2.23. The summed E-state index contributed by atoms with van der Waals surface area (Å²) in [5.41, 5.74) is 0.00370. The molecule has 0 aliphatic carbocycles. The quantitative estimate of drug-likeness (QED) is 0.690. The number of hydrogen-bond donors (Lipinski definition) is 1. The maximum absolute atomic E-state index is 13.5. The van der Waals surface area contributed by atoms with Gasteiger partial charge in [0.05, 0.1) is 18.7 Å². The maximum atomic E-state index is 13.5. The summed E-state index contributed by atoms with van der Waals surface area (Å²) in [7, 11) is 0. The van der Waals surface area contributed by atoms with Crippen molar-refractivity contribution in [3.63, 3.8) is 0 Å². The Morgan fingerprint density at radius 2 is 1.68 bits per heavy atom. The Labute approximate surface area is 161 Å². The lowest BCUT2D eigenvalue weighted by Crippen LogP contribution is -2.41. The number of rotatable bonds is 5. The number of halogens is 1. The molecule has 3 aromatic rings. The molecule has 1 N–H and O–H groups in total. The molecular weight excluding hydrogens is 357 g/mol. The highest BCUT2D eigenvalue weighted by Crippen LogP contribution is 2.43. The van der Waals surface area contributed by atoms with E-state index >= 15 is 0 Å². The SMILES string of the molecule is O=C(C[C@@]1(O)C(=O)N(Cc2cccc(F)c2)c2ccccc21)c1ccccc1. The van der Waals surface area contributed by atoms with E-state index in [1.54, 1.807) is 66.7 Å². The summed E-state index contributed by atoms with van der Waals surface area (Å²) in [5, 5.41) is 11.3. The van der Waals surface area contributed by atoms with Gasteiger partial charge in [0.1, 0.15) is 5.82 Å². The van der Waals surface area contributed by atoms with Gasteiger partial charge >= 0.3 is 0 Å². The lowest BCUT2D eigenvalue weighted by atomic mass is 9.88. The van der Waals surface area contributed by atoms with Gasteiger partial charge in [0, 0.05) is 11.1 Å². The third-order valence-electron chi connectivity index (χ3n) is 4.98. The zero-order valence-electron chi connectivity index (χ0n) is 15.0. The fourth-order valence-electron chi connectivity index (χ4n) is 3.61. The minimum atomic E-state index is -1.95. The number of anilines is 1. The maximum Gasteiger partial charge on any atom is 0.264 e. The van der Waals surface area contributed by atoms with Crippen LogP contribution in [0.25, 0.3) is 0 Å². The van der Waals surface area contributed by atoms with Crippen LogP contribution in [-0.4, -0.2) is 16.8 Å². The van der Waals surface area contributed by atoms with E-state index in [2.05, 4.69) is 0 Å². The number of aliphatic hydroxyl groups is 1. The molecule has 28 heavy (non-hydrogen) atoms. The molecule has 0 spiro atoms. The molecular formula is C23H18FNO3. The summed E-state index contributed by atoms with van der Waals surface area (Å²) < 4.78 is 13.5. The predicted molar refractivity (Wildman–Crippen MR) is 103 cm³/mol. The van der Waals surface area contributed by atoms with Crippen molar-refractivity contribution in [2.75, 3.05) is 4.90 Å². The molecule has 0 fully saturated rings. The molecule has 0 saturated heterocycles.